The van der Waals surface area contributed by atoms with E-state index in [0.717, 1.165) is 37.7 Å². The third kappa shape index (κ3) is 3.06. The van der Waals surface area contributed by atoms with Gasteiger partial charge in [-0.15, -0.1) is 0 Å². The van der Waals surface area contributed by atoms with Gasteiger partial charge in [0.1, 0.15) is 11.5 Å². The van der Waals surface area contributed by atoms with Gasteiger partial charge in [0.25, 0.3) is 0 Å². The Morgan fingerprint density at radius 2 is 1.53 bits per heavy atom. The molecular formula is C16H17N2O. The van der Waals surface area contributed by atoms with Crippen LogP contribution in [0.15, 0.2) is 48.5 Å². The summed E-state index contributed by atoms with van der Waals surface area (Å²) in [5.74, 6) is 1.71. The second kappa shape index (κ2) is 5.76. The van der Waals surface area contributed by atoms with Crippen LogP contribution >= 0.6 is 0 Å². The van der Waals surface area contributed by atoms with E-state index in [-0.39, 0.29) is 0 Å². The summed E-state index contributed by atoms with van der Waals surface area (Å²) in [6, 6.07) is 18.8. The molecule has 3 rings (SSSR count). The minimum absolute atomic E-state index is 0.841. The fraction of sp³-hybridized carbons (Fsp3) is 0.250. The first kappa shape index (κ1) is 12.1. The van der Waals surface area contributed by atoms with E-state index < -0.39 is 0 Å². The van der Waals surface area contributed by atoms with Crippen LogP contribution in [0.3, 0.4) is 0 Å². The van der Waals surface area contributed by atoms with Crippen LogP contribution in [0.25, 0.3) is 0 Å². The van der Waals surface area contributed by atoms with E-state index in [1.165, 1.54) is 5.69 Å². The zero-order valence-corrected chi connectivity index (χ0v) is 10.8. The molecule has 2 aromatic rings. The van der Waals surface area contributed by atoms with Crippen molar-refractivity contribution in [3.05, 3.63) is 54.6 Å². The molecule has 0 unspecified atom stereocenters. The van der Waals surface area contributed by atoms with Gasteiger partial charge in [-0.2, -0.15) is 0 Å². The van der Waals surface area contributed by atoms with Crippen molar-refractivity contribution in [3.63, 3.8) is 0 Å². The van der Waals surface area contributed by atoms with Gasteiger partial charge in [0, 0.05) is 31.9 Å². The molecule has 97 valence electrons. The Kier molecular flexibility index (Phi) is 3.65. The molecule has 0 atom stereocenters. The summed E-state index contributed by atoms with van der Waals surface area (Å²) >= 11 is 0. The topological polar surface area (TPSA) is 24.5 Å². The summed E-state index contributed by atoms with van der Waals surface area (Å²) in [6.07, 6.45) is 0. The number of hydrogen-bond donors (Lipinski definition) is 1. The van der Waals surface area contributed by atoms with Crippen LogP contribution in [-0.2, 0) is 0 Å². The molecule has 0 bridgehead atoms. The molecule has 1 heterocycles. The van der Waals surface area contributed by atoms with Gasteiger partial charge in [0.15, 0.2) is 0 Å². The van der Waals surface area contributed by atoms with Crippen molar-refractivity contribution in [2.45, 2.75) is 0 Å². The number of piperazine rings is 1. The summed E-state index contributed by atoms with van der Waals surface area (Å²) in [7, 11) is 0. The Balaban J connectivity index is 1.68. The van der Waals surface area contributed by atoms with Gasteiger partial charge in [-0.25, -0.2) is 0 Å². The molecule has 0 amide bonds. The first-order valence-corrected chi connectivity index (χ1v) is 6.61. The average molecular weight is 253 g/mol. The first-order valence-electron chi connectivity index (χ1n) is 6.61. The molecule has 0 spiro atoms. The number of benzene rings is 2. The maximum Gasteiger partial charge on any atom is 0.127 e. The number of ether oxygens (including phenoxy) is 1. The van der Waals surface area contributed by atoms with Gasteiger partial charge >= 0.3 is 0 Å². The molecule has 1 fully saturated rings. The summed E-state index contributed by atoms with van der Waals surface area (Å²) in [5.41, 5.74) is 1.26. The molecule has 1 saturated heterocycles. The molecule has 0 aromatic heterocycles. The third-order valence-corrected chi connectivity index (χ3v) is 3.24. The maximum atomic E-state index is 5.77. The summed E-state index contributed by atoms with van der Waals surface area (Å²) in [4.78, 5) is 2.39. The highest BCUT2D eigenvalue weighted by Crippen LogP contribution is 2.24. The molecule has 19 heavy (non-hydrogen) atoms. The van der Waals surface area contributed by atoms with E-state index in [2.05, 4.69) is 28.4 Å². The zero-order chi connectivity index (χ0) is 12.9. The summed E-state index contributed by atoms with van der Waals surface area (Å²) in [5, 5.41) is 3.36. The fourth-order valence-corrected chi connectivity index (χ4v) is 2.22. The van der Waals surface area contributed by atoms with Crippen LogP contribution in [-0.4, -0.2) is 26.2 Å². The van der Waals surface area contributed by atoms with E-state index in [1.54, 1.807) is 0 Å². The van der Waals surface area contributed by atoms with Gasteiger partial charge in [0.2, 0.25) is 0 Å². The molecule has 0 aliphatic carbocycles. The van der Waals surface area contributed by atoms with Crippen molar-refractivity contribution < 1.29 is 4.74 Å². The Morgan fingerprint density at radius 3 is 2.21 bits per heavy atom. The fourth-order valence-electron chi connectivity index (χ4n) is 2.22. The smallest absolute Gasteiger partial charge is 0.127 e. The van der Waals surface area contributed by atoms with Gasteiger partial charge < -0.3 is 15.0 Å². The van der Waals surface area contributed by atoms with Crippen molar-refractivity contribution in [2.24, 2.45) is 0 Å². The zero-order valence-electron chi connectivity index (χ0n) is 10.8. The van der Waals surface area contributed by atoms with Crippen LogP contribution in [0.1, 0.15) is 0 Å². The van der Waals surface area contributed by atoms with E-state index in [0.29, 0.717) is 0 Å². The molecule has 0 saturated carbocycles. The SMILES string of the molecule is [c]1ccc(Oc2ccc(N3CCNCC3)cc2)cc1. The number of nitrogens with zero attached hydrogens (tertiary/aromatic N) is 1. The largest absolute Gasteiger partial charge is 0.457 e. The summed E-state index contributed by atoms with van der Waals surface area (Å²) < 4.78 is 5.77. The normalized spacial score (nSPS) is 15.3. The minimum Gasteiger partial charge on any atom is -0.457 e. The van der Waals surface area contributed by atoms with Crippen molar-refractivity contribution in [3.8, 4) is 11.5 Å². The lowest BCUT2D eigenvalue weighted by molar-refractivity contribution is 0.482. The predicted molar refractivity (Wildman–Crippen MR) is 76.9 cm³/mol. The molecule has 1 radical (unpaired) electrons. The summed E-state index contributed by atoms with van der Waals surface area (Å²) in [6.45, 7) is 4.24. The van der Waals surface area contributed by atoms with E-state index in [4.69, 9.17) is 4.74 Å². The highest BCUT2D eigenvalue weighted by Gasteiger charge is 2.10. The number of rotatable bonds is 3. The monoisotopic (exact) mass is 253 g/mol. The van der Waals surface area contributed by atoms with Crippen LogP contribution in [0, 0.1) is 6.07 Å². The van der Waals surface area contributed by atoms with E-state index >= 15 is 0 Å². The molecule has 3 nitrogen and oxygen atoms in total. The Labute approximate surface area is 113 Å². The minimum atomic E-state index is 0.841. The number of anilines is 1. The third-order valence-electron chi connectivity index (χ3n) is 3.24. The second-order valence-electron chi connectivity index (χ2n) is 4.57. The van der Waals surface area contributed by atoms with Crippen molar-refractivity contribution in [1.29, 1.82) is 0 Å². The van der Waals surface area contributed by atoms with Crippen molar-refractivity contribution in [2.75, 3.05) is 31.1 Å². The molecule has 1 aliphatic rings. The van der Waals surface area contributed by atoms with Gasteiger partial charge in [-0.1, -0.05) is 12.1 Å². The van der Waals surface area contributed by atoms with Gasteiger partial charge in [-0.3, -0.25) is 0 Å². The highest BCUT2D eigenvalue weighted by molar-refractivity contribution is 5.50. The molecular weight excluding hydrogens is 236 g/mol. The van der Waals surface area contributed by atoms with Crippen LogP contribution < -0.4 is 15.0 Å². The molecule has 1 aliphatic heterocycles. The maximum absolute atomic E-state index is 5.77. The molecule has 1 N–H and O–H groups in total. The predicted octanol–water partition coefficient (Wildman–Crippen LogP) is 2.69. The molecule has 2 aromatic carbocycles. The number of nitrogens with one attached hydrogen (secondary N) is 1. The lowest BCUT2D eigenvalue weighted by atomic mass is 10.2. The second-order valence-corrected chi connectivity index (χ2v) is 4.57. The standard InChI is InChI=1S/C16H17N2O/c1-2-4-15(5-3-1)19-16-8-6-14(7-9-16)18-12-10-17-11-13-18/h2-9,17H,10-13H2. The lowest BCUT2D eigenvalue weighted by Gasteiger charge is -2.29. The Bertz CT molecular complexity index is 504. The lowest BCUT2D eigenvalue weighted by Crippen LogP contribution is -2.43. The average Bonchev–Trinajstić information content (AvgIpc) is 2.50. The van der Waals surface area contributed by atoms with Crippen molar-refractivity contribution >= 4 is 5.69 Å². The van der Waals surface area contributed by atoms with Crippen LogP contribution in [0.2, 0.25) is 0 Å². The Morgan fingerprint density at radius 1 is 0.895 bits per heavy atom. The Hall–Kier alpha value is -2.00. The van der Waals surface area contributed by atoms with Gasteiger partial charge in [0.05, 0.1) is 0 Å². The highest BCUT2D eigenvalue weighted by atomic mass is 16.5. The first-order chi connectivity index (χ1) is 9.42. The van der Waals surface area contributed by atoms with E-state index in [1.807, 2.05) is 36.4 Å². The van der Waals surface area contributed by atoms with Gasteiger partial charge in [-0.05, 0) is 42.5 Å². The van der Waals surface area contributed by atoms with Crippen LogP contribution in [0.5, 0.6) is 11.5 Å². The number of hydrogen-bond acceptors (Lipinski definition) is 3. The quantitative estimate of drug-likeness (QED) is 0.910. The molecule has 3 heteroatoms. The van der Waals surface area contributed by atoms with Crippen molar-refractivity contribution in [1.82, 2.24) is 5.32 Å². The van der Waals surface area contributed by atoms with E-state index in [9.17, 15) is 0 Å². The van der Waals surface area contributed by atoms with Crippen LogP contribution in [0.4, 0.5) is 5.69 Å².